The molecule has 128 valence electrons. The molecule has 9 heteroatoms. The molecule has 1 aliphatic rings. The van der Waals surface area contributed by atoms with Gasteiger partial charge in [0.05, 0.1) is 43.1 Å². The summed E-state index contributed by atoms with van der Waals surface area (Å²) in [5.74, 6) is 0.462. The molecule has 0 spiro atoms. The third-order valence-corrected chi connectivity index (χ3v) is 4.37. The quantitative estimate of drug-likeness (QED) is 0.707. The van der Waals surface area contributed by atoms with Crippen LogP contribution in [0.3, 0.4) is 0 Å². The minimum Gasteiger partial charge on any atom is -0.373 e. The molecular formula is C16H17N7O2. The molecule has 25 heavy (non-hydrogen) atoms. The van der Waals surface area contributed by atoms with E-state index in [0.29, 0.717) is 36.7 Å². The second-order valence-corrected chi connectivity index (χ2v) is 5.94. The highest BCUT2D eigenvalue weighted by Gasteiger charge is 2.44. The summed E-state index contributed by atoms with van der Waals surface area (Å²) < 4.78 is 7.25. The highest BCUT2D eigenvalue weighted by molar-refractivity contribution is 6.00. The summed E-state index contributed by atoms with van der Waals surface area (Å²) >= 11 is 0. The molecule has 1 amide bonds. The van der Waals surface area contributed by atoms with E-state index in [1.54, 1.807) is 48.7 Å². The highest BCUT2D eigenvalue weighted by Crippen LogP contribution is 2.27. The Morgan fingerprint density at radius 1 is 1.28 bits per heavy atom. The first-order valence-electron chi connectivity index (χ1n) is 7.83. The van der Waals surface area contributed by atoms with Crippen molar-refractivity contribution in [2.45, 2.75) is 5.60 Å². The second kappa shape index (κ2) is 6.10. The Morgan fingerprint density at radius 3 is 2.84 bits per heavy atom. The van der Waals surface area contributed by atoms with Gasteiger partial charge in [-0.3, -0.25) is 9.78 Å². The third kappa shape index (κ3) is 2.78. The number of aromatic nitrogens is 5. The van der Waals surface area contributed by atoms with Gasteiger partial charge in [0.1, 0.15) is 5.60 Å². The van der Waals surface area contributed by atoms with Crippen LogP contribution in [0, 0.1) is 0 Å². The van der Waals surface area contributed by atoms with Gasteiger partial charge in [-0.1, -0.05) is 0 Å². The first kappa shape index (κ1) is 15.5. The number of hydrogen-bond acceptors (Lipinski definition) is 7. The van der Waals surface area contributed by atoms with E-state index >= 15 is 0 Å². The van der Waals surface area contributed by atoms with Gasteiger partial charge in [0.25, 0.3) is 5.91 Å². The zero-order valence-electron chi connectivity index (χ0n) is 13.7. The Balaban J connectivity index is 1.41. The maximum Gasteiger partial charge on any atom is 0.255 e. The lowest BCUT2D eigenvalue weighted by atomic mass is 9.94. The normalized spacial score (nSPS) is 15.8. The van der Waals surface area contributed by atoms with Crippen LogP contribution in [0.25, 0.3) is 5.52 Å². The first-order valence-corrected chi connectivity index (χ1v) is 7.83. The lowest BCUT2D eigenvalue weighted by molar-refractivity contribution is -0.0311. The van der Waals surface area contributed by atoms with Crippen molar-refractivity contribution < 1.29 is 9.53 Å². The minimum absolute atomic E-state index is 0.200. The Labute approximate surface area is 143 Å². The fourth-order valence-corrected chi connectivity index (χ4v) is 2.90. The summed E-state index contributed by atoms with van der Waals surface area (Å²) in [6.45, 7) is 1.62. The lowest BCUT2D eigenvalue weighted by Crippen LogP contribution is -2.67. The molecule has 0 bridgehead atoms. The van der Waals surface area contributed by atoms with E-state index in [9.17, 15) is 4.79 Å². The van der Waals surface area contributed by atoms with Crippen LogP contribution < -0.4 is 10.2 Å². The summed E-state index contributed by atoms with van der Waals surface area (Å²) in [6, 6.07) is 1.78. The van der Waals surface area contributed by atoms with Crippen molar-refractivity contribution in [3.8, 4) is 0 Å². The Bertz CT molecular complexity index is 890. The molecule has 0 radical (unpaired) electrons. The van der Waals surface area contributed by atoms with E-state index < -0.39 is 5.60 Å². The molecule has 1 N–H and O–H groups in total. The molecule has 0 unspecified atom stereocenters. The second-order valence-electron chi connectivity index (χ2n) is 5.94. The summed E-state index contributed by atoms with van der Waals surface area (Å²) in [6.07, 6.45) is 9.89. The van der Waals surface area contributed by atoms with Gasteiger partial charge in [-0.05, 0) is 6.07 Å². The van der Waals surface area contributed by atoms with Crippen LogP contribution in [0.2, 0.25) is 0 Å². The molecule has 1 fully saturated rings. The number of methoxy groups -OCH3 is 1. The molecule has 1 saturated heterocycles. The molecule has 3 aromatic heterocycles. The zero-order valence-corrected chi connectivity index (χ0v) is 13.7. The van der Waals surface area contributed by atoms with Crippen LogP contribution in [0.5, 0.6) is 0 Å². The summed E-state index contributed by atoms with van der Waals surface area (Å²) in [4.78, 5) is 27.0. The van der Waals surface area contributed by atoms with Crippen molar-refractivity contribution in [3.63, 3.8) is 0 Å². The van der Waals surface area contributed by atoms with Crippen molar-refractivity contribution >= 4 is 17.4 Å². The molecule has 0 saturated carbocycles. The van der Waals surface area contributed by atoms with Gasteiger partial charge in [-0.25, -0.2) is 14.5 Å². The molecule has 0 aromatic carbocycles. The third-order valence-electron chi connectivity index (χ3n) is 4.37. The molecule has 0 aliphatic carbocycles. The van der Waals surface area contributed by atoms with Crippen molar-refractivity contribution in [2.75, 3.05) is 31.6 Å². The maximum atomic E-state index is 12.5. The van der Waals surface area contributed by atoms with Crippen LogP contribution in [-0.4, -0.2) is 62.8 Å². The number of nitrogens with one attached hydrogen (secondary N) is 1. The van der Waals surface area contributed by atoms with Gasteiger partial charge >= 0.3 is 0 Å². The van der Waals surface area contributed by atoms with Crippen LogP contribution in [0.1, 0.15) is 10.4 Å². The highest BCUT2D eigenvalue weighted by atomic mass is 16.5. The van der Waals surface area contributed by atoms with Crippen molar-refractivity contribution in [2.24, 2.45) is 0 Å². The summed E-state index contributed by atoms with van der Waals surface area (Å²) in [7, 11) is 1.65. The summed E-state index contributed by atoms with van der Waals surface area (Å²) in [5, 5.41) is 7.08. The number of nitrogens with zero attached hydrogens (tertiary/aromatic N) is 6. The van der Waals surface area contributed by atoms with E-state index in [4.69, 9.17) is 4.74 Å². The first-order chi connectivity index (χ1) is 12.2. The van der Waals surface area contributed by atoms with Gasteiger partial charge in [-0.2, -0.15) is 5.10 Å². The van der Waals surface area contributed by atoms with Gasteiger partial charge in [0.2, 0.25) is 5.95 Å². The number of carbonyl (C=O) groups excluding carboxylic acids is 1. The van der Waals surface area contributed by atoms with Crippen molar-refractivity contribution in [3.05, 3.63) is 48.8 Å². The fourth-order valence-electron chi connectivity index (χ4n) is 2.90. The SMILES string of the molecule is COC1(CNC(=O)c2cnn3ccncc23)CN(c2ncccn2)C1. The average molecular weight is 339 g/mol. The van der Waals surface area contributed by atoms with Crippen LogP contribution >= 0.6 is 0 Å². The fraction of sp³-hybridized carbons (Fsp3) is 0.312. The van der Waals surface area contributed by atoms with E-state index in [1.165, 1.54) is 6.20 Å². The van der Waals surface area contributed by atoms with E-state index in [-0.39, 0.29) is 5.91 Å². The van der Waals surface area contributed by atoms with Crippen LogP contribution in [-0.2, 0) is 4.74 Å². The standard InChI is InChI=1S/C16H17N7O2/c1-25-16(10-22(11-16)15-18-3-2-4-19-15)9-20-14(24)12-7-21-23-6-5-17-8-13(12)23/h2-8H,9-11H2,1H3,(H,20,24). The predicted octanol–water partition coefficient (Wildman–Crippen LogP) is 0.154. The number of carbonyl (C=O) groups is 1. The smallest absolute Gasteiger partial charge is 0.255 e. The van der Waals surface area contributed by atoms with Gasteiger partial charge in [0.15, 0.2) is 0 Å². The van der Waals surface area contributed by atoms with Crippen molar-refractivity contribution in [1.29, 1.82) is 0 Å². The number of amides is 1. The van der Waals surface area contributed by atoms with Crippen LogP contribution in [0.4, 0.5) is 5.95 Å². The molecule has 4 rings (SSSR count). The molecule has 1 aliphatic heterocycles. The number of fused-ring (bicyclic) bond motifs is 1. The topological polar surface area (TPSA) is 97.5 Å². The van der Waals surface area contributed by atoms with Crippen molar-refractivity contribution in [1.82, 2.24) is 29.9 Å². The largest absolute Gasteiger partial charge is 0.373 e. The number of anilines is 1. The van der Waals surface area contributed by atoms with E-state index in [0.717, 1.165) is 0 Å². The number of ether oxygens (including phenoxy) is 1. The predicted molar refractivity (Wildman–Crippen MR) is 89.3 cm³/mol. The zero-order chi connectivity index (χ0) is 17.3. The van der Waals surface area contributed by atoms with Crippen LogP contribution in [0.15, 0.2) is 43.2 Å². The minimum atomic E-state index is -0.448. The van der Waals surface area contributed by atoms with Gasteiger partial charge < -0.3 is 15.0 Å². The maximum absolute atomic E-state index is 12.5. The Hall–Kier alpha value is -3.07. The van der Waals surface area contributed by atoms with E-state index in [2.05, 4.69) is 25.4 Å². The molecule has 3 aromatic rings. The number of rotatable bonds is 5. The Morgan fingerprint density at radius 2 is 2.08 bits per heavy atom. The molecule has 0 atom stereocenters. The Kier molecular flexibility index (Phi) is 3.77. The lowest BCUT2D eigenvalue weighted by Gasteiger charge is -2.48. The van der Waals surface area contributed by atoms with E-state index in [1.807, 2.05) is 4.90 Å². The number of hydrogen-bond donors (Lipinski definition) is 1. The molecule has 9 nitrogen and oxygen atoms in total. The van der Waals surface area contributed by atoms with Gasteiger partial charge in [0, 0.05) is 31.9 Å². The van der Waals surface area contributed by atoms with Gasteiger partial charge in [-0.15, -0.1) is 0 Å². The monoisotopic (exact) mass is 339 g/mol. The molecular weight excluding hydrogens is 322 g/mol. The summed E-state index contributed by atoms with van der Waals surface area (Å²) in [5.41, 5.74) is 0.706. The average Bonchev–Trinajstić information content (AvgIpc) is 3.06. The molecule has 4 heterocycles.